The Morgan fingerprint density at radius 3 is 2.58 bits per heavy atom. The third-order valence-corrected chi connectivity index (χ3v) is 7.65. The first-order valence-corrected chi connectivity index (χ1v) is 12.7. The Hall–Kier alpha value is -3.81. The highest BCUT2D eigenvalue weighted by atomic mass is 19.1. The minimum Gasteiger partial charge on any atom is -0.482 e. The van der Waals surface area contributed by atoms with E-state index in [0.717, 1.165) is 24.6 Å². The Balaban J connectivity index is 1.47. The Bertz CT molecular complexity index is 1390. The van der Waals surface area contributed by atoms with E-state index < -0.39 is 23.7 Å². The van der Waals surface area contributed by atoms with Crippen LogP contribution in [-0.2, 0) is 16.0 Å². The molecular weight excluding hydrogens is 492 g/mol. The highest BCUT2D eigenvalue weighted by Crippen LogP contribution is 2.50. The maximum absolute atomic E-state index is 16.0. The van der Waals surface area contributed by atoms with E-state index in [0.29, 0.717) is 35.8 Å². The molecule has 1 aromatic heterocycles. The molecule has 8 heteroatoms. The van der Waals surface area contributed by atoms with E-state index in [1.807, 2.05) is 6.07 Å². The molecule has 0 saturated heterocycles. The molecule has 1 fully saturated rings. The molecule has 0 spiro atoms. The SMILES string of the molecule is COC(=O)[C@@H](C)[C@H](c1ccc2c(c1F)OC(c1ccc(-c3cc(OC)ncc3F)c(C=O)c1)CC2)C1CC1. The fourth-order valence-electron chi connectivity index (χ4n) is 5.50. The van der Waals surface area contributed by atoms with Crippen molar-refractivity contribution in [1.29, 1.82) is 0 Å². The summed E-state index contributed by atoms with van der Waals surface area (Å²) in [4.78, 5) is 28.1. The summed E-state index contributed by atoms with van der Waals surface area (Å²) in [5.41, 5.74) is 2.79. The number of methoxy groups -OCH3 is 2. The number of aldehydes is 1. The van der Waals surface area contributed by atoms with Gasteiger partial charge in [0.2, 0.25) is 5.88 Å². The van der Waals surface area contributed by atoms with Gasteiger partial charge in [-0.15, -0.1) is 0 Å². The predicted octanol–water partition coefficient (Wildman–Crippen LogP) is 6.22. The van der Waals surface area contributed by atoms with Crippen molar-refractivity contribution in [3.63, 3.8) is 0 Å². The summed E-state index contributed by atoms with van der Waals surface area (Å²) >= 11 is 0. The second-order valence-corrected chi connectivity index (χ2v) is 9.95. The maximum Gasteiger partial charge on any atom is 0.309 e. The standard InChI is InChI=1S/C30H29F2NO5/c1-16(30(35)37-3)27(17-4-5-17)22-10-6-18-8-11-25(38-29(18)28(22)32)19-7-9-21(20(12-19)15-34)23-13-26(36-2)33-14-24(23)31/h6-7,9-10,12-17,25,27H,4-5,8,11H2,1-3H3/t16-,25?,27-/m0/s1. The van der Waals surface area contributed by atoms with Gasteiger partial charge in [0.1, 0.15) is 11.9 Å². The van der Waals surface area contributed by atoms with Gasteiger partial charge in [-0.2, -0.15) is 0 Å². The van der Waals surface area contributed by atoms with Crippen molar-refractivity contribution in [2.45, 2.75) is 44.6 Å². The Labute approximate surface area is 219 Å². The molecular formula is C30H29F2NO5. The summed E-state index contributed by atoms with van der Waals surface area (Å²) in [6.45, 7) is 1.78. The lowest BCUT2D eigenvalue weighted by atomic mass is 9.82. The molecule has 1 aliphatic heterocycles. The van der Waals surface area contributed by atoms with E-state index in [9.17, 15) is 14.0 Å². The molecule has 0 amide bonds. The van der Waals surface area contributed by atoms with E-state index in [1.54, 1.807) is 31.2 Å². The van der Waals surface area contributed by atoms with Gasteiger partial charge < -0.3 is 14.2 Å². The van der Waals surface area contributed by atoms with Crippen LogP contribution >= 0.6 is 0 Å². The smallest absolute Gasteiger partial charge is 0.309 e. The lowest BCUT2D eigenvalue weighted by Gasteiger charge is -2.30. The average Bonchev–Trinajstić information content (AvgIpc) is 3.79. The topological polar surface area (TPSA) is 74.7 Å². The molecule has 1 aliphatic carbocycles. The van der Waals surface area contributed by atoms with E-state index in [2.05, 4.69) is 4.98 Å². The van der Waals surface area contributed by atoms with Crippen LogP contribution in [0.15, 0.2) is 42.6 Å². The van der Waals surface area contributed by atoms with Gasteiger partial charge in [-0.25, -0.2) is 13.8 Å². The number of pyridine rings is 1. The van der Waals surface area contributed by atoms with Gasteiger partial charge in [-0.05, 0) is 59.9 Å². The number of ether oxygens (including phenoxy) is 3. The number of halogens is 2. The van der Waals surface area contributed by atoms with Gasteiger partial charge in [0, 0.05) is 23.1 Å². The summed E-state index contributed by atoms with van der Waals surface area (Å²) in [5, 5.41) is 0. The van der Waals surface area contributed by atoms with Crippen molar-refractivity contribution in [3.8, 4) is 22.8 Å². The number of rotatable bonds is 8. The van der Waals surface area contributed by atoms with Crippen molar-refractivity contribution in [1.82, 2.24) is 4.98 Å². The fourth-order valence-corrected chi connectivity index (χ4v) is 5.50. The lowest BCUT2D eigenvalue weighted by molar-refractivity contribution is -0.145. The molecule has 38 heavy (non-hydrogen) atoms. The number of esters is 1. The monoisotopic (exact) mass is 521 g/mol. The van der Waals surface area contributed by atoms with Crippen LogP contribution in [0.25, 0.3) is 11.1 Å². The largest absolute Gasteiger partial charge is 0.482 e. The zero-order valence-corrected chi connectivity index (χ0v) is 21.5. The van der Waals surface area contributed by atoms with Crippen LogP contribution in [0.2, 0.25) is 0 Å². The number of carbonyl (C=O) groups is 2. The molecule has 1 saturated carbocycles. The molecule has 1 unspecified atom stereocenters. The van der Waals surface area contributed by atoms with Crippen LogP contribution in [-0.4, -0.2) is 31.5 Å². The van der Waals surface area contributed by atoms with Gasteiger partial charge in [-0.3, -0.25) is 9.59 Å². The summed E-state index contributed by atoms with van der Waals surface area (Å²) in [5.74, 6) is -1.51. The summed E-state index contributed by atoms with van der Waals surface area (Å²) in [6, 6.07) is 10.2. The van der Waals surface area contributed by atoms with Crippen molar-refractivity contribution in [2.24, 2.45) is 11.8 Å². The van der Waals surface area contributed by atoms with E-state index in [4.69, 9.17) is 14.2 Å². The Morgan fingerprint density at radius 1 is 1.11 bits per heavy atom. The summed E-state index contributed by atoms with van der Waals surface area (Å²) in [6.07, 6.45) is 4.28. The minimum atomic E-state index is -0.578. The third kappa shape index (κ3) is 4.75. The second kappa shape index (κ2) is 10.5. The second-order valence-electron chi connectivity index (χ2n) is 9.95. The van der Waals surface area contributed by atoms with Crippen LogP contribution in [0.3, 0.4) is 0 Å². The zero-order chi connectivity index (χ0) is 27.0. The van der Waals surface area contributed by atoms with Gasteiger partial charge in [0.15, 0.2) is 17.9 Å². The molecule has 2 aliphatic rings. The summed E-state index contributed by atoms with van der Waals surface area (Å²) in [7, 11) is 2.78. The number of hydrogen-bond donors (Lipinski definition) is 0. The number of fused-ring (bicyclic) bond motifs is 1. The van der Waals surface area contributed by atoms with Crippen molar-refractivity contribution in [2.75, 3.05) is 14.2 Å². The first-order chi connectivity index (χ1) is 18.4. The van der Waals surface area contributed by atoms with Gasteiger partial charge in [0.05, 0.1) is 26.3 Å². The van der Waals surface area contributed by atoms with Crippen LogP contribution in [0, 0.1) is 23.5 Å². The molecule has 6 nitrogen and oxygen atoms in total. The summed E-state index contributed by atoms with van der Waals surface area (Å²) < 4.78 is 46.7. The van der Waals surface area contributed by atoms with E-state index >= 15 is 4.39 Å². The minimum absolute atomic E-state index is 0.183. The number of carbonyl (C=O) groups excluding carboxylic acids is 2. The number of aromatic nitrogens is 1. The van der Waals surface area contributed by atoms with Crippen molar-refractivity contribution >= 4 is 12.3 Å². The van der Waals surface area contributed by atoms with Crippen molar-refractivity contribution < 1.29 is 32.6 Å². The maximum atomic E-state index is 16.0. The number of hydrogen-bond acceptors (Lipinski definition) is 6. The Morgan fingerprint density at radius 2 is 1.89 bits per heavy atom. The van der Waals surface area contributed by atoms with Crippen molar-refractivity contribution in [3.05, 3.63) is 76.5 Å². The molecule has 3 atom stereocenters. The zero-order valence-electron chi connectivity index (χ0n) is 21.5. The number of nitrogens with zero attached hydrogens (tertiary/aromatic N) is 1. The molecule has 2 aromatic carbocycles. The first kappa shape index (κ1) is 25.8. The predicted molar refractivity (Wildman–Crippen MR) is 136 cm³/mol. The van der Waals surface area contributed by atoms with Crippen LogP contribution in [0.4, 0.5) is 8.78 Å². The molecule has 198 valence electrons. The molecule has 5 rings (SSSR count). The van der Waals surface area contributed by atoms with Gasteiger partial charge in [0.25, 0.3) is 0 Å². The Kier molecular flexibility index (Phi) is 7.15. The first-order valence-electron chi connectivity index (χ1n) is 12.7. The van der Waals surface area contributed by atoms with Crippen LogP contribution in [0.5, 0.6) is 11.6 Å². The van der Waals surface area contributed by atoms with E-state index in [1.165, 1.54) is 20.3 Å². The highest BCUT2D eigenvalue weighted by molar-refractivity contribution is 5.88. The molecule has 0 N–H and O–H groups in total. The van der Waals surface area contributed by atoms with E-state index in [-0.39, 0.29) is 40.6 Å². The molecule has 0 radical (unpaired) electrons. The normalized spacial score (nSPS) is 18.1. The van der Waals surface area contributed by atoms with Crippen LogP contribution < -0.4 is 9.47 Å². The molecule has 0 bridgehead atoms. The third-order valence-electron chi connectivity index (χ3n) is 7.65. The molecule has 3 aromatic rings. The van der Waals surface area contributed by atoms with Gasteiger partial charge in [-0.1, -0.05) is 31.2 Å². The van der Waals surface area contributed by atoms with Crippen LogP contribution in [0.1, 0.15) is 65.3 Å². The highest BCUT2D eigenvalue weighted by Gasteiger charge is 2.41. The number of aryl methyl sites for hydroxylation is 1. The van der Waals surface area contributed by atoms with Gasteiger partial charge >= 0.3 is 5.97 Å². The quantitative estimate of drug-likeness (QED) is 0.259. The number of benzene rings is 2. The average molecular weight is 522 g/mol. The molecule has 2 heterocycles. The fraction of sp³-hybridized carbons (Fsp3) is 0.367. The lowest BCUT2D eigenvalue weighted by Crippen LogP contribution is -2.24.